The number of aryl methyl sites for hydroxylation is 2. The Morgan fingerprint density at radius 2 is 1.97 bits per heavy atom. The maximum absolute atomic E-state index is 13.0. The van der Waals surface area contributed by atoms with Crippen LogP contribution in [0.1, 0.15) is 81.7 Å². The van der Waals surface area contributed by atoms with Crippen LogP contribution in [0.4, 0.5) is 0 Å². The molecule has 1 aromatic carbocycles. The number of benzene rings is 1. The smallest absolute Gasteiger partial charge is 0.379 e. The fourth-order valence-corrected chi connectivity index (χ4v) is 3.91. The second-order valence-electron chi connectivity index (χ2n) is 8.27. The molecule has 1 aliphatic rings. The Morgan fingerprint density at radius 3 is 2.69 bits per heavy atom. The summed E-state index contributed by atoms with van der Waals surface area (Å²) in [6.45, 7) is 7.88. The van der Waals surface area contributed by atoms with Gasteiger partial charge < -0.3 is 13.6 Å². The van der Waals surface area contributed by atoms with Gasteiger partial charge in [-0.15, -0.1) is 0 Å². The van der Waals surface area contributed by atoms with Crippen LogP contribution in [0.2, 0.25) is 0 Å². The SMILES string of the molecule is Cc1ccc(C(C)C)c(OC(=O)c2oc3c(c2C)/C(=N/NC(=O)c2ccco2)CCC3)c1. The van der Waals surface area contributed by atoms with E-state index in [2.05, 4.69) is 24.4 Å². The van der Waals surface area contributed by atoms with Crippen molar-refractivity contribution in [3.05, 3.63) is 76.1 Å². The van der Waals surface area contributed by atoms with Gasteiger partial charge in [0, 0.05) is 17.5 Å². The molecule has 4 rings (SSSR count). The number of amides is 1. The summed E-state index contributed by atoms with van der Waals surface area (Å²) in [5, 5.41) is 4.29. The highest BCUT2D eigenvalue weighted by Crippen LogP contribution is 2.32. The number of carbonyl (C=O) groups excluding carboxylic acids is 2. The molecule has 0 aliphatic heterocycles. The van der Waals surface area contributed by atoms with E-state index in [4.69, 9.17) is 13.6 Å². The van der Waals surface area contributed by atoms with Gasteiger partial charge in [-0.1, -0.05) is 26.0 Å². The molecule has 0 unspecified atom stereocenters. The molecule has 0 saturated carbocycles. The van der Waals surface area contributed by atoms with Crippen molar-refractivity contribution in [3.63, 3.8) is 0 Å². The van der Waals surface area contributed by atoms with Crippen molar-refractivity contribution in [1.29, 1.82) is 0 Å². The molecule has 2 heterocycles. The Bertz CT molecular complexity index is 1190. The van der Waals surface area contributed by atoms with E-state index in [1.54, 1.807) is 12.1 Å². The molecule has 1 aliphatic carbocycles. The van der Waals surface area contributed by atoms with E-state index in [-0.39, 0.29) is 17.4 Å². The minimum absolute atomic E-state index is 0.165. The van der Waals surface area contributed by atoms with E-state index in [9.17, 15) is 9.59 Å². The Labute approximate surface area is 186 Å². The van der Waals surface area contributed by atoms with Gasteiger partial charge in [-0.3, -0.25) is 4.79 Å². The number of esters is 1. The summed E-state index contributed by atoms with van der Waals surface area (Å²) in [5.74, 6) is 0.800. The van der Waals surface area contributed by atoms with Crippen LogP contribution in [-0.2, 0) is 6.42 Å². The largest absolute Gasteiger partial charge is 0.459 e. The van der Waals surface area contributed by atoms with Crippen molar-refractivity contribution >= 4 is 17.6 Å². The second-order valence-corrected chi connectivity index (χ2v) is 8.27. The third kappa shape index (κ3) is 4.23. The maximum atomic E-state index is 13.0. The molecule has 32 heavy (non-hydrogen) atoms. The molecular formula is C25H26N2O5. The van der Waals surface area contributed by atoms with Crippen LogP contribution in [0, 0.1) is 13.8 Å². The van der Waals surface area contributed by atoms with E-state index in [1.165, 1.54) is 6.26 Å². The van der Waals surface area contributed by atoms with Gasteiger partial charge in [-0.05, 0) is 61.9 Å². The Hall–Kier alpha value is -3.61. The summed E-state index contributed by atoms with van der Waals surface area (Å²) >= 11 is 0. The van der Waals surface area contributed by atoms with Gasteiger partial charge in [0.25, 0.3) is 0 Å². The van der Waals surface area contributed by atoms with Gasteiger partial charge in [0.15, 0.2) is 5.76 Å². The van der Waals surface area contributed by atoms with Crippen LogP contribution in [0.5, 0.6) is 5.75 Å². The number of rotatable bonds is 5. The summed E-state index contributed by atoms with van der Waals surface area (Å²) < 4.78 is 16.8. The summed E-state index contributed by atoms with van der Waals surface area (Å²) in [6, 6.07) is 9.05. The zero-order valence-electron chi connectivity index (χ0n) is 18.7. The zero-order chi connectivity index (χ0) is 22.8. The van der Waals surface area contributed by atoms with E-state index in [0.29, 0.717) is 35.6 Å². The molecule has 0 atom stereocenters. The molecule has 0 saturated heterocycles. The summed E-state index contributed by atoms with van der Waals surface area (Å²) in [4.78, 5) is 25.2. The molecule has 0 fully saturated rings. The number of hydrogen-bond acceptors (Lipinski definition) is 6. The second kappa shape index (κ2) is 8.86. The highest BCUT2D eigenvalue weighted by atomic mass is 16.5. The van der Waals surface area contributed by atoms with Crippen LogP contribution in [0.15, 0.2) is 50.5 Å². The van der Waals surface area contributed by atoms with Gasteiger partial charge in [0.05, 0.1) is 12.0 Å². The van der Waals surface area contributed by atoms with Gasteiger partial charge in [-0.2, -0.15) is 5.10 Å². The van der Waals surface area contributed by atoms with Gasteiger partial charge in [0.2, 0.25) is 5.76 Å². The first-order chi connectivity index (χ1) is 15.3. The molecule has 0 radical (unpaired) electrons. The van der Waals surface area contributed by atoms with Crippen LogP contribution in [-0.4, -0.2) is 17.6 Å². The van der Waals surface area contributed by atoms with Crippen LogP contribution in [0.25, 0.3) is 0 Å². The van der Waals surface area contributed by atoms with Gasteiger partial charge in [-0.25, -0.2) is 10.2 Å². The lowest BCUT2D eigenvalue weighted by Crippen LogP contribution is -2.21. The predicted octanol–water partition coefficient (Wildman–Crippen LogP) is 5.30. The van der Waals surface area contributed by atoms with E-state index in [1.807, 2.05) is 32.0 Å². The summed E-state index contributed by atoms with van der Waals surface area (Å²) in [5.41, 5.74) is 6.59. The lowest BCUT2D eigenvalue weighted by atomic mass is 9.93. The Morgan fingerprint density at radius 1 is 1.16 bits per heavy atom. The molecule has 0 spiro atoms. The van der Waals surface area contributed by atoms with Crippen molar-refractivity contribution in [3.8, 4) is 5.75 Å². The number of nitrogens with one attached hydrogen (secondary N) is 1. The highest BCUT2D eigenvalue weighted by molar-refractivity contribution is 6.06. The molecule has 1 N–H and O–H groups in total. The molecular weight excluding hydrogens is 408 g/mol. The average molecular weight is 434 g/mol. The molecule has 3 aromatic rings. The number of carbonyl (C=O) groups is 2. The molecule has 7 nitrogen and oxygen atoms in total. The minimum atomic E-state index is -0.539. The lowest BCUT2D eigenvalue weighted by Gasteiger charge is -2.13. The zero-order valence-corrected chi connectivity index (χ0v) is 18.7. The average Bonchev–Trinajstić information content (AvgIpc) is 3.41. The quantitative estimate of drug-likeness (QED) is 0.334. The Balaban J connectivity index is 1.60. The fourth-order valence-electron chi connectivity index (χ4n) is 3.91. The Kier molecular flexibility index (Phi) is 5.99. The van der Waals surface area contributed by atoms with Crippen LogP contribution < -0.4 is 10.2 Å². The van der Waals surface area contributed by atoms with E-state index in [0.717, 1.165) is 23.1 Å². The first-order valence-electron chi connectivity index (χ1n) is 10.7. The predicted molar refractivity (Wildman–Crippen MR) is 119 cm³/mol. The molecule has 166 valence electrons. The van der Waals surface area contributed by atoms with Crippen molar-refractivity contribution in [2.24, 2.45) is 5.10 Å². The van der Waals surface area contributed by atoms with Crippen LogP contribution >= 0.6 is 0 Å². The monoisotopic (exact) mass is 434 g/mol. The van der Waals surface area contributed by atoms with Gasteiger partial charge >= 0.3 is 11.9 Å². The molecule has 0 bridgehead atoms. The molecule has 7 heteroatoms. The number of fused-ring (bicyclic) bond motifs is 1. The molecule has 1 amide bonds. The minimum Gasteiger partial charge on any atom is -0.459 e. The normalized spacial score (nSPS) is 14.5. The van der Waals surface area contributed by atoms with Gasteiger partial charge in [0.1, 0.15) is 11.5 Å². The first kappa shape index (κ1) is 21.6. The topological polar surface area (TPSA) is 94.0 Å². The van der Waals surface area contributed by atoms with Crippen molar-refractivity contribution < 1.29 is 23.2 Å². The highest BCUT2D eigenvalue weighted by Gasteiger charge is 2.29. The van der Waals surface area contributed by atoms with Crippen molar-refractivity contribution in [2.75, 3.05) is 0 Å². The number of nitrogens with zero attached hydrogens (tertiary/aromatic N) is 1. The fraction of sp³-hybridized carbons (Fsp3) is 0.320. The standard InChI is InChI=1S/C25H26N2O5/c1-14(2)17-11-10-15(3)13-21(17)32-25(29)23-16(4)22-18(7-5-8-19(22)31-23)26-27-24(28)20-9-6-12-30-20/h6,9-14H,5,7-8H2,1-4H3,(H,27,28)/b26-18+. The number of hydrogen-bond donors (Lipinski definition) is 1. The lowest BCUT2D eigenvalue weighted by molar-refractivity contribution is 0.0696. The number of hydrazone groups is 1. The summed E-state index contributed by atoms with van der Waals surface area (Å²) in [7, 11) is 0. The number of furan rings is 2. The molecule has 2 aromatic heterocycles. The van der Waals surface area contributed by atoms with Crippen molar-refractivity contribution in [1.82, 2.24) is 5.43 Å². The van der Waals surface area contributed by atoms with Crippen molar-refractivity contribution in [2.45, 2.75) is 52.9 Å². The van der Waals surface area contributed by atoms with Crippen LogP contribution in [0.3, 0.4) is 0 Å². The number of ether oxygens (including phenoxy) is 1. The third-order valence-corrected chi connectivity index (χ3v) is 5.54. The third-order valence-electron chi connectivity index (χ3n) is 5.54. The van der Waals surface area contributed by atoms with E-state index < -0.39 is 11.9 Å². The maximum Gasteiger partial charge on any atom is 0.379 e. The van der Waals surface area contributed by atoms with E-state index >= 15 is 0 Å². The summed E-state index contributed by atoms with van der Waals surface area (Å²) in [6.07, 6.45) is 3.59. The first-order valence-corrected chi connectivity index (χ1v) is 10.7.